The predicted octanol–water partition coefficient (Wildman–Crippen LogP) is 2.32. The number of nitrogens with zero attached hydrogens (tertiary/aromatic N) is 4. The van der Waals surface area contributed by atoms with Crippen LogP contribution in [0.5, 0.6) is 0 Å². The Labute approximate surface area is 192 Å². The molecule has 174 valence electrons. The van der Waals surface area contributed by atoms with Crippen molar-refractivity contribution in [2.75, 3.05) is 25.4 Å². The number of rotatable bonds is 7. The lowest BCUT2D eigenvalue weighted by Gasteiger charge is -2.32. The average molecular weight is 566 g/mol. The van der Waals surface area contributed by atoms with Gasteiger partial charge in [-0.1, -0.05) is 6.92 Å². The molecule has 2 N–H and O–H groups in total. The van der Waals surface area contributed by atoms with Gasteiger partial charge in [-0.3, -0.25) is 4.68 Å². The Balaban J connectivity index is 0.00000450. The van der Waals surface area contributed by atoms with Gasteiger partial charge in [0.1, 0.15) is 0 Å². The lowest BCUT2D eigenvalue weighted by Crippen LogP contribution is -2.50. The molecule has 1 saturated heterocycles. The Morgan fingerprint density at radius 2 is 1.93 bits per heavy atom. The van der Waals surface area contributed by atoms with Crippen LogP contribution in [0.2, 0.25) is 0 Å². The second-order valence-electron chi connectivity index (χ2n) is 7.00. The third-order valence-corrected chi connectivity index (χ3v) is 6.65. The van der Waals surface area contributed by atoms with Crippen molar-refractivity contribution in [1.29, 1.82) is 0 Å². The summed E-state index contributed by atoms with van der Waals surface area (Å²) in [5, 5.41) is 9.72. The molecule has 0 saturated carbocycles. The number of sulfonamides is 1. The number of halogens is 4. The van der Waals surface area contributed by atoms with Crippen molar-refractivity contribution in [3.8, 4) is 0 Å². The second kappa shape index (κ2) is 11.5. The molecule has 0 spiro atoms. The number of hydrogen-bond donors (Lipinski definition) is 2. The lowest BCUT2D eigenvalue weighted by molar-refractivity contribution is -0.142. The third kappa shape index (κ3) is 7.55. The first-order chi connectivity index (χ1) is 13.6. The molecule has 0 unspecified atom stereocenters. The third-order valence-electron chi connectivity index (χ3n) is 4.58. The highest BCUT2D eigenvalue weighted by Gasteiger charge is 2.36. The summed E-state index contributed by atoms with van der Waals surface area (Å²) in [5.41, 5.74) is -0.938. The van der Waals surface area contributed by atoms with Gasteiger partial charge in [-0.15, -0.1) is 24.0 Å². The van der Waals surface area contributed by atoms with E-state index >= 15 is 0 Å². The minimum atomic E-state index is -4.53. The zero-order valence-corrected chi connectivity index (χ0v) is 20.5. The van der Waals surface area contributed by atoms with Gasteiger partial charge in [-0.25, -0.2) is 17.7 Å². The van der Waals surface area contributed by atoms with Crippen LogP contribution in [0, 0.1) is 0 Å². The van der Waals surface area contributed by atoms with E-state index in [2.05, 4.69) is 20.7 Å². The Hall–Kier alpha value is -1.09. The maximum atomic E-state index is 13.1. The summed E-state index contributed by atoms with van der Waals surface area (Å²) >= 11 is 0. The number of aliphatic imine (C=N–C) groups is 1. The van der Waals surface area contributed by atoms with Crippen LogP contribution in [-0.2, 0) is 29.8 Å². The van der Waals surface area contributed by atoms with Crippen LogP contribution < -0.4 is 10.6 Å². The summed E-state index contributed by atoms with van der Waals surface area (Å²) in [6.45, 7) is 4.91. The van der Waals surface area contributed by atoms with Gasteiger partial charge in [0, 0.05) is 44.5 Å². The zero-order valence-electron chi connectivity index (χ0n) is 17.4. The van der Waals surface area contributed by atoms with Crippen molar-refractivity contribution in [2.24, 2.45) is 12.0 Å². The van der Waals surface area contributed by atoms with Gasteiger partial charge in [0.15, 0.2) is 11.7 Å². The number of nitrogens with one attached hydrogen (secondary N) is 2. The number of hydrogen-bond acceptors (Lipinski definition) is 4. The molecule has 0 amide bonds. The predicted molar refractivity (Wildman–Crippen MR) is 120 cm³/mol. The molecular formula is C17H30F3IN6O2S. The van der Waals surface area contributed by atoms with Gasteiger partial charge in [0.2, 0.25) is 10.0 Å². The Morgan fingerprint density at radius 1 is 1.30 bits per heavy atom. The van der Waals surface area contributed by atoms with E-state index < -0.39 is 21.9 Å². The molecule has 0 atom stereocenters. The summed E-state index contributed by atoms with van der Waals surface area (Å²) in [6, 6.07) is -0.00291. The van der Waals surface area contributed by atoms with E-state index in [-0.39, 0.29) is 47.9 Å². The largest absolute Gasteiger partial charge is 0.435 e. The SMILES string of the molecule is CCCS(=O)(=O)N1CCC(NC(=NCc2cn(C)nc2C(F)(F)F)NCC)CC1.I. The van der Waals surface area contributed by atoms with Crippen LogP contribution in [0.25, 0.3) is 0 Å². The van der Waals surface area contributed by atoms with Crippen LogP contribution in [0.15, 0.2) is 11.2 Å². The molecule has 1 aromatic heterocycles. The average Bonchev–Trinajstić information content (AvgIpc) is 3.01. The van der Waals surface area contributed by atoms with Crippen LogP contribution in [0.1, 0.15) is 44.4 Å². The van der Waals surface area contributed by atoms with Crippen molar-refractivity contribution in [2.45, 2.75) is 51.9 Å². The number of aryl methyl sites for hydroxylation is 1. The van der Waals surface area contributed by atoms with Gasteiger partial charge < -0.3 is 10.6 Å². The van der Waals surface area contributed by atoms with Crippen molar-refractivity contribution in [1.82, 2.24) is 24.7 Å². The second-order valence-corrected chi connectivity index (χ2v) is 9.09. The Kier molecular flexibility index (Phi) is 10.3. The highest BCUT2D eigenvalue weighted by molar-refractivity contribution is 14.0. The van der Waals surface area contributed by atoms with Crippen molar-refractivity contribution < 1.29 is 21.6 Å². The summed E-state index contributed by atoms with van der Waals surface area (Å²) in [7, 11) is -1.78. The van der Waals surface area contributed by atoms with Crippen molar-refractivity contribution >= 4 is 40.0 Å². The van der Waals surface area contributed by atoms with Gasteiger partial charge in [0.25, 0.3) is 0 Å². The fraction of sp³-hybridized carbons (Fsp3) is 0.765. The molecule has 2 rings (SSSR count). The van der Waals surface area contributed by atoms with Crippen LogP contribution in [-0.4, -0.2) is 59.9 Å². The molecule has 30 heavy (non-hydrogen) atoms. The van der Waals surface area contributed by atoms with Crippen molar-refractivity contribution in [3.63, 3.8) is 0 Å². The normalized spacial score (nSPS) is 16.9. The minimum Gasteiger partial charge on any atom is -0.357 e. The van der Waals surface area contributed by atoms with Gasteiger partial charge in [-0.05, 0) is 26.2 Å². The van der Waals surface area contributed by atoms with E-state index in [1.54, 1.807) is 0 Å². The first kappa shape index (κ1) is 26.9. The Morgan fingerprint density at radius 3 is 2.47 bits per heavy atom. The molecule has 1 aliphatic heterocycles. The molecule has 0 radical (unpaired) electrons. The number of piperidine rings is 1. The van der Waals surface area contributed by atoms with Gasteiger partial charge in [-0.2, -0.15) is 18.3 Å². The van der Waals surface area contributed by atoms with Gasteiger partial charge in [0.05, 0.1) is 12.3 Å². The van der Waals surface area contributed by atoms with E-state index in [1.807, 2.05) is 13.8 Å². The van der Waals surface area contributed by atoms with E-state index in [1.165, 1.54) is 17.5 Å². The zero-order chi connectivity index (χ0) is 21.7. The van der Waals surface area contributed by atoms with Crippen LogP contribution in [0.3, 0.4) is 0 Å². The van der Waals surface area contributed by atoms with Gasteiger partial charge >= 0.3 is 6.18 Å². The highest BCUT2D eigenvalue weighted by Crippen LogP contribution is 2.30. The molecule has 1 aliphatic rings. The van der Waals surface area contributed by atoms with Crippen LogP contribution >= 0.6 is 24.0 Å². The maximum Gasteiger partial charge on any atom is 0.435 e. The number of aromatic nitrogens is 2. The minimum absolute atomic E-state index is 0. The topological polar surface area (TPSA) is 91.6 Å². The highest BCUT2D eigenvalue weighted by atomic mass is 127. The first-order valence-electron chi connectivity index (χ1n) is 9.69. The fourth-order valence-corrected chi connectivity index (χ4v) is 4.78. The van der Waals surface area contributed by atoms with E-state index in [9.17, 15) is 21.6 Å². The molecule has 2 heterocycles. The summed E-state index contributed by atoms with van der Waals surface area (Å²) in [5.74, 6) is 0.543. The molecule has 0 aliphatic carbocycles. The standard InChI is InChI=1S/C17H29F3N6O2S.HI/c1-4-10-29(27,28)26-8-6-14(7-9-26)23-16(21-5-2)22-11-13-12-25(3)24-15(13)17(18,19)20;/h12,14H,4-11H2,1-3H3,(H2,21,22,23);1H. The molecule has 13 heteroatoms. The molecule has 1 fully saturated rings. The van der Waals surface area contributed by atoms with E-state index in [0.717, 1.165) is 4.68 Å². The quantitative estimate of drug-likeness (QED) is 0.301. The number of guanidine groups is 1. The molecular weight excluding hydrogens is 536 g/mol. The first-order valence-corrected chi connectivity index (χ1v) is 11.3. The lowest BCUT2D eigenvalue weighted by atomic mass is 10.1. The number of alkyl halides is 3. The Bertz CT molecular complexity index is 805. The summed E-state index contributed by atoms with van der Waals surface area (Å²) < 4.78 is 66.2. The van der Waals surface area contributed by atoms with Crippen LogP contribution in [0.4, 0.5) is 13.2 Å². The van der Waals surface area contributed by atoms with E-state index in [0.29, 0.717) is 44.9 Å². The molecule has 1 aromatic rings. The summed E-state index contributed by atoms with van der Waals surface area (Å²) in [6.07, 6.45) is -1.43. The smallest absolute Gasteiger partial charge is 0.357 e. The van der Waals surface area contributed by atoms with E-state index in [4.69, 9.17) is 0 Å². The molecule has 0 bridgehead atoms. The monoisotopic (exact) mass is 566 g/mol. The van der Waals surface area contributed by atoms with Crippen molar-refractivity contribution in [3.05, 3.63) is 17.5 Å². The molecule has 0 aromatic carbocycles. The maximum absolute atomic E-state index is 13.1. The molecule has 8 nitrogen and oxygen atoms in total. The fourth-order valence-electron chi connectivity index (χ4n) is 3.23. The summed E-state index contributed by atoms with van der Waals surface area (Å²) in [4.78, 5) is 4.27.